The number of halogens is 3. The number of fused-ring (bicyclic) bond motifs is 3. The highest BCUT2D eigenvalue weighted by atomic mass is 35.5. The van der Waals surface area contributed by atoms with Crippen LogP contribution < -0.4 is 10.1 Å². The second-order valence-corrected chi connectivity index (χ2v) is 9.98. The Labute approximate surface area is 213 Å². The van der Waals surface area contributed by atoms with Crippen molar-refractivity contribution in [2.24, 2.45) is 0 Å². The van der Waals surface area contributed by atoms with Gasteiger partial charge in [-0.15, -0.1) is 0 Å². The fourth-order valence-electron chi connectivity index (χ4n) is 4.84. The summed E-state index contributed by atoms with van der Waals surface area (Å²) < 4.78 is 36.1. The molecule has 0 spiro atoms. The molecule has 36 heavy (non-hydrogen) atoms. The van der Waals surface area contributed by atoms with E-state index in [9.17, 15) is 13.6 Å². The maximum absolute atomic E-state index is 14.2. The fraction of sp³-hybridized carbons (Fsp3) is 0.480. The van der Waals surface area contributed by atoms with E-state index in [4.69, 9.17) is 16.3 Å². The molecule has 2 aliphatic rings. The summed E-state index contributed by atoms with van der Waals surface area (Å²) in [5.74, 6) is -0.589. The van der Waals surface area contributed by atoms with Gasteiger partial charge in [0.15, 0.2) is 5.65 Å². The molecule has 0 radical (unpaired) electrons. The molecule has 1 N–H and O–H groups in total. The van der Waals surface area contributed by atoms with E-state index in [-0.39, 0.29) is 29.9 Å². The van der Waals surface area contributed by atoms with Crippen LogP contribution in [0.1, 0.15) is 39.4 Å². The normalized spacial score (nSPS) is 21.2. The van der Waals surface area contributed by atoms with E-state index in [1.54, 1.807) is 9.42 Å². The van der Waals surface area contributed by atoms with Gasteiger partial charge in [0.05, 0.1) is 40.8 Å². The van der Waals surface area contributed by atoms with Crippen molar-refractivity contribution >= 4 is 23.2 Å². The van der Waals surface area contributed by atoms with E-state index in [0.29, 0.717) is 55.5 Å². The predicted molar refractivity (Wildman–Crippen MR) is 132 cm³/mol. The van der Waals surface area contributed by atoms with Crippen molar-refractivity contribution in [3.8, 4) is 5.75 Å². The summed E-state index contributed by atoms with van der Waals surface area (Å²) in [5.41, 5.74) is 4.10. The standard InChI is InChI=1S/C25H29ClF2N6O2/c1-14-23(26)15(2)34-24(30-14)20-12-33(13-21(20)31-34)25(35)19-5-4-16(27)8-22(19)36-18-6-7-32(3)11-17(28)9-29-10-18/h4-5,8,17-18,29H,6-7,9-13H2,1-3H3. The minimum absolute atomic E-state index is 0.181. The van der Waals surface area contributed by atoms with Gasteiger partial charge in [0, 0.05) is 37.8 Å². The zero-order chi connectivity index (χ0) is 25.6. The maximum atomic E-state index is 14.2. The third-order valence-electron chi connectivity index (χ3n) is 6.79. The fourth-order valence-corrected chi connectivity index (χ4v) is 4.96. The molecule has 1 fully saturated rings. The van der Waals surface area contributed by atoms with Crippen molar-refractivity contribution in [3.63, 3.8) is 0 Å². The lowest BCUT2D eigenvalue weighted by Gasteiger charge is -2.23. The minimum atomic E-state index is -0.975. The molecule has 2 atom stereocenters. The number of aryl methyl sites for hydroxylation is 2. The van der Waals surface area contributed by atoms with Crippen LogP contribution in [0.25, 0.3) is 5.65 Å². The van der Waals surface area contributed by atoms with Crippen LogP contribution in [0.3, 0.4) is 0 Å². The average Bonchev–Trinajstić information content (AvgIpc) is 3.41. The third kappa shape index (κ3) is 4.77. The van der Waals surface area contributed by atoms with E-state index in [2.05, 4.69) is 15.4 Å². The molecular formula is C25H29ClF2N6O2. The zero-order valence-corrected chi connectivity index (χ0v) is 21.3. The molecular weight excluding hydrogens is 490 g/mol. The second kappa shape index (κ2) is 9.91. The maximum Gasteiger partial charge on any atom is 0.258 e. The van der Waals surface area contributed by atoms with Crippen LogP contribution in [-0.2, 0) is 13.1 Å². The minimum Gasteiger partial charge on any atom is -0.488 e. The van der Waals surface area contributed by atoms with Gasteiger partial charge in [0.1, 0.15) is 23.8 Å². The van der Waals surface area contributed by atoms with E-state index < -0.39 is 12.0 Å². The van der Waals surface area contributed by atoms with Gasteiger partial charge in [-0.25, -0.2) is 18.3 Å². The number of nitrogens with one attached hydrogen (secondary N) is 1. The lowest BCUT2D eigenvalue weighted by Crippen LogP contribution is -2.35. The third-order valence-corrected chi connectivity index (χ3v) is 7.34. The molecule has 0 saturated carbocycles. The van der Waals surface area contributed by atoms with Crippen molar-refractivity contribution < 1.29 is 18.3 Å². The smallest absolute Gasteiger partial charge is 0.258 e. The van der Waals surface area contributed by atoms with Crippen LogP contribution in [0, 0.1) is 19.7 Å². The van der Waals surface area contributed by atoms with Crippen LogP contribution in [0.5, 0.6) is 5.75 Å². The number of nitrogens with zero attached hydrogens (tertiary/aromatic N) is 5. The highest BCUT2D eigenvalue weighted by molar-refractivity contribution is 6.31. The molecule has 192 valence electrons. The summed E-state index contributed by atoms with van der Waals surface area (Å²) in [5, 5.41) is 8.28. The van der Waals surface area contributed by atoms with Crippen molar-refractivity contribution in [3.05, 3.63) is 57.2 Å². The first-order valence-corrected chi connectivity index (χ1v) is 12.4. The number of carbonyl (C=O) groups excluding carboxylic acids is 1. The van der Waals surface area contributed by atoms with Gasteiger partial charge < -0.3 is 19.9 Å². The Balaban J connectivity index is 1.37. The predicted octanol–water partition coefficient (Wildman–Crippen LogP) is 3.31. The van der Waals surface area contributed by atoms with Crippen molar-refractivity contribution in [2.45, 2.75) is 45.6 Å². The molecule has 0 aliphatic carbocycles. The van der Waals surface area contributed by atoms with Gasteiger partial charge in [-0.2, -0.15) is 5.10 Å². The summed E-state index contributed by atoms with van der Waals surface area (Å²) in [4.78, 5) is 21.7. The van der Waals surface area contributed by atoms with Crippen LogP contribution in [0.4, 0.5) is 8.78 Å². The van der Waals surface area contributed by atoms with Gasteiger partial charge in [0.25, 0.3) is 5.91 Å². The number of benzene rings is 1. The monoisotopic (exact) mass is 518 g/mol. The molecule has 0 bridgehead atoms. The first kappa shape index (κ1) is 24.9. The molecule has 2 aliphatic heterocycles. The number of rotatable bonds is 3. The molecule has 2 unspecified atom stereocenters. The Kier molecular flexibility index (Phi) is 6.84. The molecule has 1 saturated heterocycles. The summed E-state index contributed by atoms with van der Waals surface area (Å²) >= 11 is 6.33. The Morgan fingerprint density at radius 1 is 1.25 bits per heavy atom. The number of ether oxygens (including phenoxy) is 1. The molecule has 8 nitrogen and oxygen atoms in total. The Morgan fingerprint density at radius 2 is 2.06 bits per heavy atom. The first-order valence-electron chi connectivity index (χ1n) is 12.0. The molecule has 4 heterocycles. The Hall–Kier alpha value is -2.82. The molecule has 1 aromatic carbocycles. The van der Waals surface area contributed by atoms with Gasteiger partial charge in [0.2, 0.25) is 0 Å². The summed E-state index contributed by atoms with van der Waals surface area (Å²) in [6.07, 6.45) is -0.706. The molecule has 11 heteroatoms. The largest absolute Gasteiger partial charge is 0.488 e. The Morgan fingerprint density at radius 3 is 2.86 bits per heavy atom. The van der Waals surface area contributed by atoms with Crippen molar-refractivity contribution in [1.82, 2.24) is 29.7 Å². The average molecular weight is 519 g/mol. The number of amides is 1. The van der Waals surface area contributed by atoms with E-state index in [0.717, 1.165) is 17.0 Å². The van der Waals surface area contributed by atoms with E-state index in [1.807, 2.05) is 25.8 Å². The second-order valence-electron chi connectivity index (χ2n) is 9.61. The van der Waals surface area contributed by atoms with Crippen LogP contribution >= 0.6 is 11.6 Å². The van der Waals surface area contributed by atoms with Crippen LogP contribution in [0.2, 0.25) is 5.02 Å². The SMILES string of the molecule is Cc1nc2c3c(nn2c(C)c1Cl)CN(C(=O)c1ccc(F)cc1OC1CCN(C)CC(F)CNC1)C3. The Bertz CT molecular complexity index is 1320. The van der Waals surface area contributed by atoms with Gasteiger partial charge in [-0.1, -0.05) is 11.6 Å². The number of aromatic nitrogens is 3. The molecule has 3 aromatic rings. The van der Waals surface area contributed by atoms with E-state index in [1.165, 1.54) is 18.2 Å². The highest BCUT2D eigenvalue weighted by Crippen LogP contribution is 2.32. The topological polar surface area (TPSA) is 75.0 Å². The molecule has 1 amide bonds. The van der Waals surface area contributed by atoms with E-state index >= 15 is 0 Å². The van der Waals surface area contributed by atoms with Crippen LogP contribution in [0.15, 0.2) is 18.2 Å². The van der Waals surface area contributed by atoms with Crippen molar-refractivity contribution in [2.75, 3.05) is 33.2 Å². The number of hydrogen-bond acceptors (Lipinski definition) is 6. The quantitative estimate of drug-likeness (QED) is 0.573. The van der Waals surface area contributed by atoms with Gasteiger partial charge >= 0.3 is 0 Å². The highest BCUT2D eigenvalue weighted by Gasteiger charge is 2.32. The lowest BCUT2D eigenvalue weighted by molar-refractivity contribution is 0.0740. The number of carbonyl (C=O) groups is 1. The molecule has 5 rings (SSSR count). The first-order chi connectivity index (χ1) is 17.2. The summed E-state index contributed by atoms with van der Waals surface area (Å²) in [6.45, 7) is 5.93. The zero-order valence-electron chi connectivity index (χ0n) is 20.5. The van der Waals surface area contributed by atoms with Gasteiger partial charge in [-0.3, -0.25) is 4.79 Å². The van der Waals surface area contributed by atoms with Gasteiger partial charge in [-0.05, 0) is 39.4 Å². The number of hydrogen-bond donors (Lipinski definition) is 1. The molecule has 2 aromatic heterocycles. The van der Waals surface area contributed by atoms with Crippen LogP contribution in [-0.4, -0.2) is 75.8 Å². The lowest BCUT2D eigenvalue weighted by atomic mass is 10.1. The summed E-state index contributed by atoms with van der Waals surface area (Å²) in [7, 11) is 1.86. The number of alkyl halides is 1. The summed E-state index contributed by atoms with van der Waals surface area (Å²) in [6, 6.07) is 3.95. The van der Waals surface area contributed by atoms with Crippen molar-refractivity contribution in [1.29, 1.82) is 0 Å².